The van der Waals surface area contributed by atoms with Crippen molar-refractivity contribution in [2.75, 3.05) is 23.7 Å². The van der Waals surface area contributed by atoms with Crippen LogP contribution in [0.25, 0.3) is 0 Å². The van der Waals surface area contributed by atoms with Crippen LogP contribution in [0.15, 0.2) is 18.2 Å². The molecule has 1 aromatic carbocycles. The number of halogens is 1. The number of fused-ring (bicyclic) bond motifs is 2. The molecule has 2 nitrogen and oxygen atoms in total. The number of nitrogen functional groups attached to an aromatic ring is 1. The van der Waals surface area contributed by atoms with E-state index in [1.165, 1.54) is 38.8 Å². The average Bonchev–Trinajstić information content (AvgIpc) is 2.28. The predicted octanol–water partition coefficient (Wildman–Crippen LogP) is 3.55. The minimum Gasteiger partial charge on any atom is -0.399 e. The highest BCUT2D eigenvalue weighted by Crippen LogP contribution is 2.38. The Bertz CT molecular complexity index is 407. The van der Waals surface area contributed by atoms with E-state index in [1.807, 2.05) is 12.1 Å². The van der Waals surface area contributed by atoms with Crippen molar-refractivity contribution in [3.05, 3.63) is 23.2 Å². The van der Waals surface area contributed by atoms with E-state index >= 15 is 0 Å². The van der Waals surface area contributed by atoms with Crippen LogP contribution < -0.4 is 10.6 Å². The highest BCUT2D eigenvalue weighted by atomic mass is 35.5. The first-order valence-corrected chi connectivity index (χ1v) is 6.90. The first kappa shape index (κ1) is 11.2. The van der Waals surface area contributed by atoms with Crippen LogP contribution in [0.1, 0.15) is 25.7 Å². The maximum atomic E-state index is 6.30. The molecule has 1 saturated heterocycles. The predicted molar refractivity (Wildman–Crippen MR) is 73.5 cm³/mol. The summed E-state index contributed by atoms with van der Waals surface area (Å²) in [4.78, 5) is 2.46. The maximum Gasteiger partial charge on any atom is 0.0660 e. The second kappa shape index (κ2) is 4.41. The molecule has 3 heteroatoms. The van der Waals surface area contributed by atoms with Crippen molar-refractivity contribution in [2.45, 2.75) is 25.7 Å². The number of rotatable bonds is 1. The van der Waals surface area contributed by atoms with Crippen LogP contribution in [0.4, 0.5) is 11.4 Å². The van der Waals surface area contributed by atoms with Gasteiger partial charge in [-0.2, -0.15) is 0 Å². The fourth-order valence-corrected chi connectivity index (χ4v) is 3.72. The fourth-order valence-electron chi connectivity index (χ4n) is 3.41. The number of anilines is 2. The van der Waals surface area contributed by atoms with Crippen LogP contribution >= 0.6 is 11.6 Å². The summed E-state index contributed by atoms with van der Waals surface area (Å²) >= 11 is 6.30. The number of nitrogens with two attached hydrogens (primary N) is 1. The topological polar surface area (TPSA) is 29.3 Å². The van der Waals surface area contributed by atoms with E-state index in [0.29, 0.717) is 0 Å². The molecule has 2 N–H and O–H groups in total. The SMILES string of the molecule is Nc1ccc(N2CC3CCCC(C3)C2)c(Cl)c1. The molecule has 1 heterocycles. The van der Waals surface area contributed by atoms with Crippen LogP contribution in [0.5, 0.6) is 0 Å². The molecule has 2 aliphatic rings. The summed E-state index contributed by atoms with van der Waals surface area (Å²) in [6, 6.07) is 5.88. The van der Waals surface area contributed by atoms with E-state index in [9.17, 15) is 0 Å². The maximum absolute atomic E-state index is 6.30. The minimum absolute atomic E-state index is 0.746. The third-order valence-electron chi connectivity index (χ3n) is 4.16. The summed E-state index contributed by atoms with van der Waals surface area (Å²) in [6.45, 7) is 2.33. The molecular weight excluding hydrogens is 232 g/mol. The molecule has 2 fully saturated rings. The van der Waals surface area contributed by atoms with Crippen molar-refractivity contribution in [1.29, 1.82) is 0 Å². The van der Waals surface area contributed by atoms with E-state index < -0.39 is 0 Å². The smallest absolute Gasteiger partial charge is 0.0660 e. The van der Waals surface area contributed by atoms with Gasteiger partial charge in [0.05, 0.1) is 10.7 Å². The molecular formula is C14H19ClN2. The van der Waals surface area contributed by atoms with Gasteiger partial charge in [0.1, 0.15) is 0 Å². The summed E-state index contributed by atoms with van der Waals surface area (Å²) in [5.74, 6) is 1.74. The summed E-state index contributed by atoms with van der Waals surface area (Å²) in [7, 11) is 0. The summed E-state index contributed by atoms with van der Waals surface area (Å²) in [5, 5.41) is 0.796. The Hall–Kier alpha value is -0.890. The van der Waals surface area contributed by atoms with Crippen molar-refractivity contribution in [3.8, 4) is 0 Å². The molecule has 0 radical (unpaired) electrons. The van der Waals surface area contributed by atoms with Gasteiger partial charge >= 0.3 is 0 Å². The molecule has 0 spiro atoms. The fraction of sp³-hybridized carbons (Fsp3) is 0.571. The summed E-state index contributed by atoms with van der Waals surface area (Å²) in [5.41, 5.74) is 7.66. The van der Waals surface area contributed by atoms with Crippen molar-refractivity contribution in [2.24, 2.45) is 11.8 Å². The van der Waals surface area contributed by atoms with E-state index in [2.05, 4.69) is 11.0 Å². The Morgan fingerprint density at radius 1 is 1.18 bits per heavy atom. The molecule has 2 bridgehead atoms. The molecule has 0 aromatic heterocycles. The van der Waals surface area contributed by atoms with Crippen molar-refractivity contribution in [1.82, 2.24) is 0 Å². The number of piperidine rings is 1. The van der Waals surface area contributed by atoms with Crippen LogP contribution in [-0.4, -0.2) is 13.1 Å². The first-order chi connectivity index (χ1) is 8.22. The largest absolute Gasteiger partial charge is 0.399 e. The van der Waals surface area contributed by atoms with Gasteiger partial charge in [-0.25, -0.2) is 0 Å². The Morgan fingerprint density at radius 3 is 2.53 bits per heavy atom. The molecule has 2 unspecified atom stereocenters. The lowest BCUT2D eigenvalue weighted by Gasteiger charge is -2.42. The number of hydrogen-bond donors (Lipinski definition) is 1. The van der Waals surface area contributed by atoms with Gasteiger partial charge < -0.3 is 10.6 Å². The Kier molecular flexibility index (Phi) is 2.91. The third kappa shape index (κ3) is 2.23. The summed E-state index contributed by atoms with van der Waals surface area (Å²) < 4.78 is 0. The zero-order valence-electron chi connectivity index (χ0n) is 10.0. The van der Waals surface area contributed by atoms with Gasteiger partial charge in [0, 0.05) is 18.8 Å². The average molecular weight is 251 g/mol. The normalized spacial score (nSPS) is 28.2. The molecule has 1 saturated carbocycles. The van der Waals surface area contributed by atoms with E-state index in [0.717, 1.165) is 28.2 Å². The van der Waals surface area contributed by atoms with Crippen molar-refractivity contribution < 1.29 is 0 Å². The lowest BCUT2D eigenvalue weighted by molar-refractivity contribution is 0.231. The van der Waals surface area contributed by atoms with Gasteiger partial charge in [-0.05, 0) is 49.3 Å². The molecule has 3 rings (SSSR count). The molecule has 2 atom stereocenters. The van der Waals surface area contributed by atoms with Crippen LogP contribution in [-0.2, 0) is 0 Å². The van der Waals surface area contributed by atoms with Crippen LogP contribution in [0.3, 0.4) is 0 Å². The molecule has 92 valence electrons. The van der Waals surface area contributed by atoms with Crippen molar-refractivity contribution in [3.63, 3.8) is 0 Å². The monoisotopic (exact) mass is 250 g/mol. The molecule has 1 aliphatic heterocycles. The van der Waals surface area contributed by atoms with Gasteiger partial charge in [-0.3, -0.25) is 0 Å². The quantitative estimate of drug-likeness (QED) is 0.773. The third-order valence-corrected chi connectivity index (χ3v) is 4.46. The lowest BCUT2D eigenvalue weighted by Crippen LogP contribution is -2.42. The highest BCUT2D eigenvalue weighted by molar-refractivity contribution is 6.33. The van der Waals surface area contributed by atoms with Gasteiger partial charge in [-0.1, -0.05) is 18.0 Å². The number of hydrogen-bond acceptors (Lipinski definition) is 2. The van der Waals surface area contributed by atoms with Crippen LogP contribution in [0.2, 0.25) is 5.02 Å². The van der Waals surface area contributed by atoms with Gasteiger partial charge in [0.15, 0.2) is 0 Å². The molecule has 17 heavy (non-hydrogen) atoms. The van der Waals surface area contributed by atoms with E-state index in [1.54, 1.807) is 0 Å². The van der Waals surface area contributed by atoms with Gasteiger partial charge in [0.25, 0.3) is 0 Å². The zero-order valence-corrected chi connectivity index (χ0v) is 10.8. The van der Waals surface area contributed by atoms with E-state index in [4.69, 9.17) is 17.3 Å². The standard InChI is InChI=1S/C14H19ClN2/c15-13-7-12(16)4-5-14(13)17-8-10-2-1-3-11(6-10)9-17/h4-5,7,10-11H,1-3,6,8-9,16H2. The second-order valence-corrected chi connectivity index (χ2v) is 5.92. The molecule has 1 aromatic rings. The molecule has 0 amide bonds. The number of benzene rings is 1. The second-order valence-electron chi connectivity index (χ2n) is 5.51. The summed E-state index contributed by atoms with van der Waals surface area (Å²) in [6.07, 6.45) is 5.61. The number of nitrogens with zero attached hydrogens (tertiary/aromatic N) is 1. The minimum atomic E-state index is 0.746. The van der Waals surface area contributed by atoms with E-state index in [-0.39, 0.29) is 0 Å². The first-order valence-electron chi connectivity index (χ1n) is 6.52. The Morgan fingerprint density at radius 2 is 1.88 bits per heavy atom. The zero-order chi connectivity index (χ0) is 11.8. The molecule has 1 aliphatic carbocycles. The lowest BCUT2D eigenvalue weighted by atomic mass is 9.78. The van der Waals surface area contributed by atoms with Gasteiger partial charge in [0.2, 0.25) is 0 Å². The Balaban J connectivity index is 1.84. The van der Waals surface area contributed by atoms with Gasteiger partial charge in [-0.15, -0.1) is 0 Å². The Labute approximate surface area is 108 Å². The van der Waals surface area contributed by atoms with Crippen LogP contribution in [0, 0.1) is 11.8 Å². The van der Waals surface area contributed by atoms with Crippen molar-refractivity contribution >= 4 is 23.0 Å². The highest BCUT2D eigenvalue weighted by Gasteiger charge is 2.31.